The van der Waals surface area contributed by atoms with E-state index in [1.54, 1.807) is 6.07 Å². The van der Waals surface area contributed by atoms with Crippen molar-refractivity contribution in [3.63, 3.8) is 0 Å². The highest BCUT2D eigenvalue weighted by Crippen LogP contribution is 2.32. The summed E-state index contributed by atoms with van der Waals surface area (Å²) in [4.78, 5) is 0. The SMILES string of the molecule is Fc1cccc2c1CCC2NCCc1ccccc1. The first-order chi connectivity index (χ1) is 9.34. The van der Waals surface area contributed by atoms with E-state index in [9.17, 15) is 4.39 Å². The second-order valence-corrected chi connectivity index (χ2v) is 5.09. The Balaban J connectivity index is 1.60. The molecule has 0 heterocycles. The Kier molecular flexibility index (Phi) is 3.60. The Morgan fingerprint density at radius 3 is 2.74 bits per heavy atom. The minimum atomic E-state index is -0.0511. The fraction of sp³-hybridized carbons (Fsp3) is 0.294. The summed E-state index contributed by atoms with van der Waals surface area (Å²) in [5.41, 5.74) is 3.39. The number of rotatable bonds is 4. The molecule has 0 saturated carbocycles. The largest absolute Gasteiger partial charge is 0.310 e. The molecule has 1 N–H and O–H groups in total. The lowest BCUT2D eigenvalue weighted by atomic mass is 10.1. The van der Waals surface area contributed by atoms with Crippen LogP contribution < -0.4 is 5.32 Å². The highest BCUT2D eigenvalue weighted by molar-refractivity contribution is 5.35. The van der Waals surface area contributed by atoms with Gasteiger partial charge >= 0.3 is 0 Å². The van der Waals surface area contributed by atoms with Crippen LogP contribution in [0, 0.1) is 5.82 Å². The molecule has 1 nitrogen and oxygen atoms in total. The van der Waals surface area contributed by atoms with E-state index in [-0.39, 0.29) is 5.82 Å². The summed E-state index contributed by atoms with van der Waals surface area (Å²) in [6, 6.07) is 16.2. The maximum atomic E-state index is 13.6. The summed E-state index contributed by atoms with van der Waals surface area (Å²) in [5, 5.41) is 3.55. The summed E-state index contributed by atoms with van der Waals surface area (Å²) in [6.07, 6.45) is 2.87. The molecule has 0 aliphatic heterocycles. The van der Waals surface area contributed by atoms with Gasteiger partial charge in [0, 0.05) is 6.04 Å². The molecular formula is C17H18FN. The Bertz CT molecular complexity index is 550. The molecule has 98 valence electrons. The smallest absolute Gasteiger partial charge is 0.126 e. The Hall–Kier alpha value is -1.67. The maximum Gasteiger partial charge on any atom is 0.126 e. The highest BCUT2D eigenvalue weighted by atomic mass is 19.1. The van der Waals surface area contributed by atoms with E-state index in [0.29, 0.717) is 6.04 Å². The van der Waals surface area contributed by atoms with Gasteiger partial charge in [-0.15, -0.1) is 0 Å². The summed E-state index contributed by atoms with van der Waals surface area (Å²) in [5.74, 6) is -0.0511. The van der Waals surface area contributed by atoms with Crippen molar-refractivity contribution in [3.05, 3.63) is 71.0 Å². The second kappa shape index (κ2) is 5.54. The third-order valence-corrected chi connectivity index (χ3v) is 3.86. The van der Waals surface area contributed by atoms with Crippen molar-refractivity contribution in [1.82, 2.24) is 5.32 Å². The molecule has 0 radical (unpaired) electrons. The van der Waals surface area contributed by atoms with Gasteiger partial charge < -0.3 is 5.32 Å². The van der Waals surface area contributed by atoms with Gasteiger partial charge in [-0.3, -0.25) is 0 Å². The van der Waals surface area contributed by atoms with Crippen molar-refractivity contribution in [2.75, 3.05) is 6.54 Å². The Morgan fingerprint density at radius 1 is 1.05 bits per heavy atom. The minimum Gasteiger partial charge on any atom is -0.310 e. The van der Waals surface area contributed by atoms with Gasteiger partial charge in [0.1, 0.15) is 5.82 Å². The first kappa shape index (κ1) is 12.4. The van der Waals surface area contributed by atoms with Crippen LogP contribution in [0.25, 0.3) is 0 Å². The number of halogens is 1. The minimum absolute atomic E-state index is 0.0511. The van der Waals surface area contributed by atoms with Crippen LogP contribution in [0.4, 0.5) is 4.39 Å². The molecule has 0 bridgehead atoms. The monoisotopic (exact) mass is 255 g/mol. The molecule has 0 amide bonds. The van der Waals surface area contributed by atoms with Crippen molar-refractivity contribution in [3.8, 4) is 0 Å². The molecule has 19 heavy (non-hydrogen) atoms. The molecule has 3 rings (SSSR count). The topological polar surface area (TPSA) is 12.0 Å². The third kappa shape index (κ3) is 2.69. The van der Waals surface area contributed by atoms with Crippen molar-refractivity contribution < 1.29 is 4.39 Å². The van der Waals surface area contributed by atoms with Gasteiger partial charge in [-0.2, -0.15) is 0 Å². The zero-order valence-electron chi connectivity index (χ0n) is 10.9. The van der Waals surface area contributed by atoms with E-state index in [4.69, 9.17) is 0 Å². The van der Waals surface area contributed by atoms with Crippen LogP contribution in [0.2, 0.25) is 0 Å². The van der Waals surface area contributed by atoms with E-state index in [1.165, 1.54) is 5.56 Å². The van der Waals surface area contributed by atoms with Gasteiger partial charge in [-0.05, 0) is 48.6 Å². The zero-order chi connectivity index (χ0) is 13.1. The van der Waals surface area contributed by atoms with Gasteiger partial charge in [0.25, 0.3) is 0 Å². The molecule has 0 saturated heterocycles. The van der Waals surface area contributed by atoms with Crippen molar-refractivity contribution in [1.29, 1.82) is 0 Å². The molecule has 0 aromatic heterocycles. The summed E-state index contributed by atoms with van der Waals surface area (Å²) in [7, 11) is 0. The predicted molar refractivity (Wildman–Crippen MR) is 75.6 cm³/mol. The van der Waals surface area contributed by atoms with E-state index in [1.807, 2.05) is 18.2 Å². The molecule has 2 aromatic carbocycles. The van der Waals surface area contributed by atoms with Crippen LogP contribution in [0.1, 0.15) is 29.2 Å². The summed E-state index contributed by atoms with van der Waals surface area (Å²) < 4.78 is 13.6. The standard InChI is InChI=1S/C17H18FN/c18-16-8-4-7-15-14(16)9-10-17(15)19-12-11-13-5-2-1-3-6-13/h1-8,17,19H,9-12H2. The molecule has 2 aromatic rings. The Labute approximate surface area is 113 Å². The maximum absolute atomic E-state index is 13.6. The molecule has 1 aliphatic carbocycles. The molecular weight excluding hydrogens is 237 g/mol. The predicted octanol–water partition coefficient (Wildman–Crippen LogP) is 3.65. The van der Waals surface area contributed by atoms with Gasteiger partial charge in [0.05, 0.1) is 0 Å². The third-order valence-electron chi connectivity index (χ3n) is 3.86. The van der Waals surface area contributed by atoms with Crippen LogP contribution in [0.3, 0.4) is 0 Å². The van der Waals surface area contributed by atoms with Crippen molar-refractivity contribution >= 4 is 0 Å². The lowest BCUT2D eigenvalue weighted by molar-refractivity contribution is 0.533. The van der Waals surface area contributed by atoms with E-state index >= 15 is 0 Å². The Morgan fingerprint density at radius 2 is 1.89 bits per heavy atom. The van der Waals surface area contributed by atoms with Gasteiger partial charge in [-0.25, -0.2) is 4.39 Å². The zero-order valence-corrected chi connectivity index (χ0v) is 10.9. The second-order valence-electron chi connectivity index (χ2n) is 5.09. The summed E-state index contributed by atoms with van der Waals surface area (Å²) >= 11 is 0. The van der Waals surface area contributed by atoms with Crippen LogP contribution in [-0.4, -0.2) is 6.54 Å². The van der Waals surface area contributed by atoms with Crippen molar-refractivity contribution in [2.24, 2.45) is 0 Å². The lowest BCUT2D eigenvalue weighted by Gasteiger charge is -2.14. The number of fused-ring (bicyclic) bond motifs is 1. The fourth-order valence-corrected chi connectivity index (χ4v) is 2.86. The highest BCUT2D eigenvalue weighted by Gasteiger charge is 2.23. The van der Waals surface area contributed by atoms with Gasteiger partial charge in [0.15, 0.2) is 0 Å². The van der Waals surface area contributed by atoms with E-state index in [2.05, 4.69) is 29.6 Å². The fourth-order valence-electron chi connectivity index (χ4n) is 2.86. The summed E-state index contributed by atoms with van der Waals surface area (Å²) in [6.45, 7) is 0.935. The van der Waals surface area contributed by atoms with E-state index in [0.717, 1.165) is 36.9 Å². The average molecular weight is 255 g/mol. The van der Waals surface area contributed by atoms with Crippen LogP contribution in [0.15, 0.2) is 48.5 Å². The number of benzene rings is 2. The normalized spacial score (nSPS) is 17.4. The molecule has 2 heteroatoms. The average Bonchev–Trinajstić information content (AvgIpc) is 2.85. The van der Waals surface area contributed by atoms with Crippen molar-refractivity contribution in [2.45, 2.75) is 25.3 Å². The van der Waals surface area contributed by atoms with Crippen LogP contribution in [-0.2, 0) is 12.8 Å². The van der Waals surface area contributed by atoms with E-state index < -0.39 is 0 Å². The van der Waals surface area contributed by atoms with Gasteiger partial charge in [0.2, 0.25) is 0 Å². The molecule has 1 atom stereocenters. The first-order valence-electron chi connectivity index (χ1n) is 6.89. The first-order valence-corrected chi connectivity index (χ1v) is 6.89. The number of nitrogens with one attached hydrogen (secondary N) is 1. The lowest BCUT2D eigenvalue weighted by Crippen LogP contribution is -2.21. The van der Waals surface area contributed by atoms with Gasteiger partial charge in [-0.1, -0.05) is 42.5 Å². The quantitative estimate of drug-likeness (QED) is 0.879. The number of hydrogen-bond donors (Lipinski definition) is 1. The van der Waals surface area contributed by atoms with Crippen LogP contribution >= 0.6 is 0 Å². The molecule has 1 aliphatic rings. The molecule has 0 spiro atoms. The molecule has 1 unspecified atom stereocenters. The number of hydrogen-bond acceptors (Lipinski definition) is 1. The molecule has 0 fully saturated rings. The van der Waals surface area contributed by atoms with Crippen LogP contribution in [0.5, 0.6) is 0 Å².